The Hall–Kier alpha value is -2.81. The normalized spacial score (nSPS) is 11.5. The molecule has 0 aliphatic carbocycles. The van der Waals surface area contributed by atoms with Gasteiger partial charge in [0.05, 0.1) is 0 Å². The van der Waals surface area contributed by atoms with Gasteiger partial charge in [-0.15, -0.1) is 0 Å². The third-order valence-corrected chi connectivity index (χ3v) is 4.41. The Labute approximate surface area is 127 Å². The second-order valence-corrected chi connectivity index (χ2v) is 5.64. The van der Waals surface area contributed by atoms with Gasteiger partial charge < -0.3 is 0 Å². The van der Waals surface area contributed by atoms with Crippen molar-refractivity contribution in [2.24, 2.45) is 0 Å². The average molecular weight is 278 g/mol. The fraction of sp³-hybridized carbons (Fsp3) is 0. The van der Waals surface area contributed by atoms with Crippen LogP contribution in [0.1, 0.15) is 0 Å². The first-order chi connectivity index (χ1) is 10.9. The van der Waals surface area contributed by atoms with Gasteiger partial charge >= 0.3 is 127 Å². The molecular weight excluding hydrogens is 267 g/mol. The summed E-state index contributed by atoms with van der Waals surface area (Å²) in [6, 6.07) is 21.8. The van der Waals surface area contributed by atoms with Gasteiger partial charge in [-0.05, 0) is 0 Å². The summed E-state index contributed by atoms with van der Waals surface area (Å²) in [6.07, 6.45) is 1.85. The van der Waals surface area contributed by atoms with Crippen LogP contribution in [0, 0.1) is 0 Å². The Kier molecular flexibility index (Phi) is 2.33. The van der Waals surface area contributed by atoms with Crippen molar-refractivity contribution in [3.05, 3.63) is 66.9 Å². The molecule has 1 aromatic heterocycles. The average Bonchev–Trinajstić information content (AvgIpc) is 2.59. The quantitative estimate of drug-likeness (QED) is 0.309. The third kappa shape index (κ3) is 1.59. The molecule has 0 atom stereocenters. The van der Waals surface area contributed by atoms with Crippen molar-refractivity contribution in [3.8, 4) is 0 Å². The van der Waals surface area contributed by atoms with E-state index in [1.165, 1.54) is 32.3 Å². The van der Waals surface area contributed by atoms with Gasteiger partial charge in [-0.3, -0.25) is 0 Å². The fourth-order valence-corrected chi connectivity index (χ4v) is 3.31. The van der Waals surface area contributed by atoms with Gasteiger partial charge in [-0.25, -0.2) is 0 Å². The number of nitrogens with zero attached hydrogens (tertiary/aromatic N) is 2. The molecule has 0 fully saturated rings. The van der Waals surface area contributed by atoms with E-state index >= 15 is 0 Å². The van der Waals surface area contributed by atoms with Crippen LogP contribution < -0.4 is 0 Å². The summed E-state index contributed by atoms with van der Waals surface area (Å²) in [5.41, 5.74) is 0. The number of rotatable bonds is 0. The van der Waals surface area contributed by atoms with Gasteiger partial charge in [0.15, 0.2) is 0 Å². The monoisotopic (exact) mass is 278 g/mol. The summed E-state index contributed by atoms with van der Waals surface area (Å²) in [6.45, 7) is 0. The van der Waals surface area contributed by atoms with Crippen LogP contribution in [0.4, 0.5) is 0 Å². The molecule has 0 bridgehead atoms. The van der Waals surface area contributed by atoms with Crippen molar-refractivity contribution < 1.29 is 0 Å². The predicted octanol–water partition coefficient (Wildman–Crippen LogP) is 4.43. The molecule has 5 aromatic rings. The van der Waals surface area contributed by atoms with Crippen LogP contribution in [0.15, 0.2) is 66.9 Å². The van der Waals surface area contributed by atoms with Gasteiger partial charge in [0.1, 0.15) is 0 Å². The molecule has 5 rings (SSSR count). The zero-order valence-electron chi connectivity index (χ0n) is 11.8. The van der Waals surface area contributed by atoms with Gasteiger partial charge in [0, 0.05) is 0 Å². The molecule has 0 saturated carbocycles. The number of fused-ring (bicyclic) bond motifs is 6. The fourth-order valence-electron chi connectivity index (χ4n) is 3.31. The number of hydrogen-bond donors (Lipinski definition) is 0. The Morgan fingerprint density at radius 3 is 2.32 bits per heavy atom. The van der Waals surface area contributed by atoms with Crippen LogP contribution in [0.5, 0.6) is 0 Å². The Morgan fingerprint density at radius 1 is 0.636 bits per heavy atom. The summed E-state index contributed by atoms with van der Waals surface area (Å²) in [7, 11) is 1.82. The summed E-state index contributed by atoms with van der Waals surface area (Å²) < 4.78 is 0. The molecule has 100 valence electrons. The molecule has 0 N–H and O–H groups in total. The van der Waals surface area contributed by atoms with Crippen LogP contribution in [0.25, 0.3) is 43.0 Å². The maximum atomic E-state index is 4.04. The zero-order valence-corrected chi connectivity index (χ0v) is 11.8. The molecule has 22 heavy (non-hydrogen) atoms. The minimum atomic E-state index is 1.13. The van der Waals surface area contributed by atoms with Crippen LogP contribution in [-0.2, 0) is 0 Å². The topological polar surface area (TPSA) is 25.8 Å². The second-order valence-electron chi connectivity index (χ2n) is 5.64. The van der Waals surface area contributed by atoms with Gasteiger partial charge in [-0.2, -0.15) is 0 Å². The molecule has 0 unspecified atom stereocenters. The predicted molar refractivity (Wildman–Crippen MR) is 93.4 cm³/mol. The number of aromatic nitrogens is 2. The van der Waals surface area contributed by atoms with E-state index in [1.54, 1.807) is 0 Å². The molecule has 0 aliphatic rings. The van der Waals surface area contributed by atoms with Gasteiger partial charge in [0.2, 0.25) is 0 Å². The summed E-state index contributed by atoms with van der Waals surface area (Å²) >= 11 is 0. The summed E-state index contributed by atoms with van der Waals surface area (Å²) in [5, 5.41) is 17.9. The molecule has 4 aromatic carbocycles. The number of benzene rings is 4. The van der Waals surface area contributed by atoms with E-state index in [9.17, 15) is 0 Å². The van der Waals surface area contributed by atoms with Gasteiger partial charge in [-0.1, -0.05) is 0 Å². The summed E-state index contributed by atoms with van der Waals surface area (Å²) in [5.74, 6) is 0. The molecule has 0 amide bonds. The molecule has 2 nitrogen and oxygen atoms in total. The van der Waals surface area contributed by atoms with Crippen LogP contribution >= 0.6 is 0 Å². The SMILES string of the molecule is b1nncc2c1ccc1c3cc4ccccc4cc3ccc21. The number of hydrogen-bond acceptors (Lipinski definition) is 2. The molecule has 1 heterocycles. The molecule has 0 saturated heterocycles. The van der Waals surface area contributed by atoms with Crippen LogP contribution in [0.3, 0.4) is 0 Å². The van der Waals surface area contributed by atoms with Crippen LogP contribution in [-0.4, -0.2) is 17.2 Å². The van der Waals surface area contributed by atoms with Crippen molar-refractivity contribution >= 4 is 50.0 Å². The Morgan fingerprint density at radius 2 is 1.41 bits per heavy atom. The van der Waals surface area contributed by atoms with E-state index in [0.717, 1.165) is 10.7 Å². The van der Waals surface area contributed by atoms with E-state index in [2.05, 4.69) is 70.8 Å². The van der Waals surface area contributed by atoms with E-state index in [-0.39, 0.29) is 0 Å². The first kappa shape index (κ1) is 11.8. The Balaban J connectivity index is 2.02. The van der Waals surface area contributed by atoms with Crippen molar-refractivity contribution in [1.29, 1.82) is 0 Å². The first-order valence-electron chi connectivity index (χ1n) is 7.35. The van der Waals surface area contributed by atoms with E-state index in [0.29, 0.717) is 0 Å². The van der Waals surface area contributed by atoms with Crippen molar-refractivity contribution in [2.75, 3.05) is 0 Å². The van der Waals surface area contributed by atoms with Crippen molar-refractivity contribution in [1.82, 2.24) is 10.1 Å². The molecule has 3 heteroatoms. The van der Waals surface area contributed by atoms with Crippen LogP contribution in [0.2, 0.25) is 0 Å². The van der Waals surface area contributed by atoms with Gasteiger partial charge in [0.25, 0.3) is 0 Å². The maximum absolute atomic E-state index is 4.04. The first-order valence-corrected chi connectivity index (χ1v) is 7.35. The van der Waals surface area contributed by atoms with Crippen molar-refractivity contribution in [2.45, 2.75) is 0 Å². The third-order valence-electron chi connectivity index (χ3n) is 4.41. The molecule has 0 aliphatic heterocycles. The zero-order chi connectivity index (χ0) is 14.5. The molecule has 0 radical (unpaired) electrons. The molecule has 0 spiro atoms. The minimum absolute atomic E-state index is 1.13. The second kappa shape index (κ2) is 4.34. The van der Waals surface area contributed by atoms with E-state index in [1.807, 2.05) is 13.2 Å². The van der Waals surface area contributed by atoms with E-state index in [4.69, 9.17) is 0 Å². The van der Waals surface area contributed by atoms with E-state index < -0.39 is 0 Å². The summed E-state index contributed by atoms with van der Waals surface area (Å²) in [4.78, 5) is 0. The van der Waals surface area contributed by atoms with Crippen molar-refractivity contribution in [3.63, 3.8) is 0 Å². The molecular formula is C19H11BN2. The Bertz CT molecular complexity index is 1180. The standard InChI is InChI=1S/C19H11BN2/c1-2-4-13-10-17-14(9-12(13)3-1)5-6-16-15(17)7-8-19-18(16)11-21-22-20-19/h1-11H.